The largest absolute Gasteiger partial charge is 0.480 e. The number of hydrogen-bond donors (Lipinski definition) is 2. The summed E-state index contributed by atoms with van der Waals surface area (Å²) >= 11 is 0. The Morgan fingerprint density at radius 1 is 1.32 bits per heavy atom. The van der Waals surface area contributed by atoms with Crippen molar-refractivity contribution in [3.05, 3.63) is 23.8 Å². The van der Waals surface area contributed by atoms with Crippen LogP contribution in [-0.4, -0.2) is 59.7 Å². The van der Waals surface area contributed by atoms with Crippen LogP contribution < -0.4 is 10.1 Å². The number of carbonyl (C=O) groups excluding carboxylic acids is 2. The van der Waals surface area contributed by atoms with E-state index in [9.17, 15) is 19.5 Å². The molecule has 2 N–H and O–H groups in total. The van der Waals surface area contributed by atoms with Crippen LogP contribution in [0.3, 0.4) is 0 Å². The highest BCUT2D eigenvalue weighted by molar-refractivity contribution is 6.04. The van der Waals surface area contributed by atoms with Crippen molar-refractivity contribution in [2.75, 3.05) is 25.1 Å². The second-order valence-electron chi connectivity index (χ2n) is 6.10. The lowest BCUT2D eigenvalue weighted by Gasteiger charge is -2.34. The van der Waals surface area contributed by atoms with Crippen molar-refractivity contribution in [1.29, 1.82) is 0 Å². The number of carboxylic acid groups (broad SMARTS) is 1. The van der Waals surface area contributed by atoms with Crippen LogP contribution >= 0.6 is 0 Å². The van der Waals surface area contributed by atoms with Crippen molar-refractivity contribution >= 4 is 23.5 Å². The van der Waals surface area contributed by atoms with Crippen molar-refractivity contribution in [2.45, 2.75) is 31.9 Å². The van der Waals surface area contributed by atoms with Gasteiger partial charge in [-0.15, -0.1) is 0 Å². The van der Waals surface area contributed by atoms with Gasteiger partial charge in [0.25, 0.3) is 11.8 Å². The summed E-state index contributed by atoms with van der Waals surface area (Å²) in [5.41, 5.74) is 0.660. The van der Waals surface area contributed by atoms with Gasteiger partial charge in [-0.05, 0) is 31.9 Å². The first-order chi connectivity index (χ1) is 12.0. The molecule has 2 amide bonds. The molecule has 0 aromatic heterocycles. The Labute approximate surface area is 144 Å². The molecule has 1 fully saturated rings. The molecule has 0 unspecified atom stereocenters. The first-order valence-corrected chi connectivity index (χ1v) is 8.18. The average Bonchev–Trinajstić information content (AvgIpc) is 2.60. The van der Waals surface area contributed by atoms with E-state index in [1.165, 1.54) is 4.90 Å². The van der Waals surface area contributed by atoms with Crippen LogP contribution in [0.15, 0.2) is 18.2 Å². The van der Waals surface area contributed by atoms with E-state index < -0.39 is 24.5 Å². The molecule has 25 heavy (non-hydrogen) atoms. The van der Waals surface area contributed by atoms with Gasteiger partial charge in [-0.2, -0.15) is 0 Å². The lowest BCUT2D eigenvalue weighted by Crippen LogP contribution is -2.46. The molecule has 2 heterocycles. The second kappa shape index (κ2) is 7.10. The molecule has 1 aromatic carbocycles. The number of nitrogens with zero attached hydrogens (tertiary/aromatic N) is 1. The monoisotopic (exact) mass is 348 g/mol. The number of aliphatic carboxylic acids is 1. The summed E-state index contributed by atoms with van der Waals surface area (Å²) in [5.74, 6) is -1.51. The number of nitrogens with one attached hydrogen (secondary N) is 1. The van der Waals surface area contributed by atoms with Gasteiger partial charge in [-0.1, -0.05) is 6.07 Å². The highest BCUT2D eigenvalue weighted by Gasteiger charge is 2.33. The number of amides is 2. The fourth-order valence-electron chi connectivity index (χ4n) is 3.06. The lowest BCUT2D eigenvalue weighted by atomic mass is 10.0. The molecule has 8 nitrogen and oxygen atoms in total. The van der Waals surface area contributed by atoms with E-state index in [1.54, 1.807) is 25.1 Å². The molecule has 1 atom stereocenters. The maximum atomic E-state index is 13.1. The Morgan fingerprint density at radius 3 is 2.72 bits per heavy atom. The number of carbonyl (C=O) groups is 3. The van der Waals surface area contributed by atoms with Crippen molar-refractivity contribution in [2.24, 2.45) is 0 Å². The molecular formula is C17H20N2O6. The molecule has 0 aliphatic carbocycles. The molecular weight excluding hydrogens is 328 g/mol. The zero-order valence-corrected chi connectivity index (χ0v) is 13.9. The second-order valence-corrected chi connectivity index (χ2v) is 6.10. The normalized spacial score (nSPS) is 20.2. The number of rotatable bonds is 4. The van der Waals surface area contributed by atoms with E-state index in [0.29, 0.717) is 31.7 Å². The third-order valence-corrected chi connectivity index (χ3v) is 4.37. The Balaban J connectivity index is 1.93. The summed E-state index contributed by atoms with van der Waals surface area (Å²) in [6, 6.07) is 4.66. The Kier molecular flexibility index (Phi) is 4.89. The molecule has 0 bridgehead atoms. The van der Waals surface area contributed by atoms with Crippen LogP contribution in [0.1, 0.15) is 30.1 Å². The highest BCUT2D eigenvalue weighted by atomic mass is 16.5. The Morgan fingerprint density at radius 2 is 2.04 bits per heavy atom. The van der Waals surface area contributed by atoms with Crippen molar-refractivity contribution < 1.29 is 29.0 Å². The van der Waals surface area contributed by atoms with Crippen molar-refractivity contribution in [1.82, 2.24) is 4.90 Å². The first kappa shape index (κ1) is 17.2. The Hall–Kier alpha value is -2.61. The molecule has 1 aromatic rings. The third kappa shape index (κ3) is 3.58. The van der Waals surface area contributed by atoms with Crippen LogP contribution in [-0.2, 0) is 14.3 Å². The van der Waals surface area contributed by atoms with Crippen LogP contribution in [0.25, 0.3) is 0 Å². The van der Waals surface area contributed by atoms with Crippen LogP contribution in [0, 0.1) is 0 Å². The standard InChI is InChI=1S/C17H20N2O6/c1-10-16(22)18-13-4-2-3-12(15(13)25-10)17(23)19(9-14(20)21)11-5-7-24-8-6-11/h2-4,10-11H,5-9H2,1H3,(H,18,22)(H,20,21)/t10-/m1/s1. The van der Waals surface area contributed by atoms with Gasteiger partial charge < -0.3 is 24.8 Å². The predicted octanol–water partition coefficient (Wildman–Crippen LogP) is 1.11. The minimum Gasteiger partial charge on any atom is -0.480 e. The summed E-state index contributed by atoms with van der Waals surface area (Å²) in [4.78, 5) is 37.4. The smallest absolute Gasteiger partial charge is 0.323 e. The average molecular weight is 348 g/mol. The molecule has 3 rings (SSSR count). The fraction of sp³-hybridized carbons (Fsp3) is 0.471. The fourth-order valence-corrected chi connectivity index (χ4v) is 3.06. The minimum atomic E-state index is -1.08. The predicted molar refractivity (Wildman–Crippen MR) is 87.7 cm³/mol. The van der Waals surface area contributed by atoms with E-state index >= 15 is 0 Å². The topological polar surface area (TPSA) is 105 Å². The molecule has 2 aliphatic rings. The number of ether oxygens (including phenoxy) is 2. The summed E-state index contributed by atoms with van der Waals surface area (Å²) in [7, 11) is 0. The summed E-state index contributed by atoms with van der Waals surface area (Å²) in [6.45, 7) is 2.18. The molecule has 0 radical (unpaired) electrons. The molecule has 134 valence electrons. The van der Waals surface area contributed by atoms with Gasteiger partial charge in [0.15, 0.2) is 11.9 Å². The van der Waals surface area contributed by atoms with Crippen LogP contribution in [0.4, 0.5) is 5.69 Å². The van der Waals surface area contributed by atoms with Crippen LogP contribution in [0.2, 0.25) is 0 Å². The van der Waals surface area contributed by atoms with E-state index in [0.717, 1.165) is 0 Å². The van der Waals surface area contributed by atoms with Gasteiger partial charge in [0.2, 0.25) is 0 Å². The zero-order valence-electron chi connectivity index (χ0n) is 13.9. The van der Waals surface area contributed by atoms with E-state index in [1.807, 2.05) is 0 Å². The molecule has 0 saturated carbocycles. The van der Waals surface area contributed by atoms with Gasteiger partial charge in [0.1, 0.15) is 6.54 Å². The van der Waals surface area contributed by atoms with Gasteiger partial charge in [-0.3, -0.25) is 14.4 Å². The number of carboxylic acids is 1. The van der Waals surface area contributed by atoms with Gasteiger partial charge in [-0.25, -0.2) is 0 Å². The number of para-hydroxylation sites is 1. The SMILES string of the molecule is C[C@H]1Oc2c(cccc2C(=O)N(CC(=O)O)C2CCOCC2)NC1=O. The van der Waals surface area contributed by atoms with Crippen LogP contribution in [0.5, 0.6) is 5.75 Å². The Bertz CT molecular complexity index is 698. The zero-order chi connectivity index (χ0) is 18.0. The quantitative estimate of drug-likeness (QED) is 0.844. The van der Waals surface area contributed by atoms with E-state index in [-0.39, 0.29) is 23.3 Å². The maximum Gasteiger partial charge on any atom is 0.323 e. The molecule has 2 aliphatic heterocycles. The summed E-state index contributed by atoms with van der Waals surface area (Å²) < 4.78 is 10.9. The van der Waals surface area contributed by atoms with Gasteiger partial charge >= 0.3 is 5.97 Å². The minimum absolute atomic E-state index is 0.205. The number of benzene rings is 1. The van der Waals surface area contributed by atoms with Gasteiger partial charge in [0, 0.05) is 19.3 Å². The maximum absolute atomic E-state index is 13.1. The third-order valence-electron chi connectivity index (χ3n) is 4.37. The number of hydrogen-bond acceptors (Lipinski definition) is 5. The first-order valence-electron chi connectivity index (χ1n) is 8.18. The van der Waals surface area contributed by atoms with E-state index in [2.05, 4.69) is 5.32 Å². The van der Waals surface area contributed by atoms with Crippen molar-refractivity contribution in [3.63, 3.8) is 0 Å². The molecule has 0 spiro atoms. The number of fused-ring (bicyclic) bond motifs is 1. The highest BCUT2D eigenvalue weighted by Crippen LogP contribution is 2.34. The van der Waals surface area contributed by atoms with E-state index in [4.69, 9.17) is 9.47 Å². The lowest BCUT2D eigenvalue weighted by molar-refractivity contribution is -0.138. The summed E-state index contributed by atoms with van der Waals surface area (Å²) in [5, 5.41) is 11.9. The summed E-state index contributed by atoms with van der Waals surface area (Å²) in [6.07, 6.45) is 0.446. The van der Waals surface area contributed by atoms with Crippen molar-refractivity contribution in [3.8, 4) is 5.75 Å². The molecule has 8 heteroatoms. The van der Waals surface area contributed by atoms with Gasteiger partial charge in [0.05, 0.1) is 11.3 Å². The number of anilines is 1. The molecule has 1 saturated heterocycles.